The van der Waals surface area contributed by atoms with E-state index in [-0.39, 0.29) is 11.9 Å². The third-order valence-corrected chi connectivity index (χ3v) is 4.73. The van der Waals surface area contributed by atoms with Crippen LogP contribution >= 0.6 is 0 Å². The van der Waals surface area contributed by atoms with Crippen LogP contribution in [0.4, 0.5) is 0 Å². The molecule has 116 valence electrons. The van der Waals surface area contributed by atoms with Crippen molar-refractivity contribution in [2.75, 3.05) is 0 Å². The number of nitrogens with zero attached hydrogens (tertiary/aromatic N) is 1. The van der Waals surface area contributed by atoms with Crippen molar-refractivity contribution in [2.45, 2.75) is 58.0 Å². The molecule has 0 unspecified atom stereocenters. The summed E-state index contributed by atoms with van der Waals surface area (Å²) in [5, 5.41) is 2.44. The quantitative estimate of drug-likeness (QED) is 0.809. The molecule has 0 radical (unpaired) electrons. The molecule has 0 spiro atoms. The fraction of sp³-hybridized carbons (Fsp3) is 0.450. The maximum Gasteiger partial charge on any atom is 0.227 e. The molecule has 1 amide bonds. The molecule has 22 heavy (non-hydrogen) atoms. The second-order valence-corrected chi connectivity index (χ2v) is 6.69. The summed E-state index contributed by atoms with van der Waals surface area (Å²) >= 11 is 0. The summed E-state index contributed by atoms with van der Waals surface area (Å²) in [6, 6.07) is 15.4. The van der Waals surface area contributed by atoms with Gasteiger partial charge in [-0.2, -0.15) is 0 Å². The highest BCUT2D eigenvalue weighted by Gasteiger charge is 2.28. The van der Waals surface area contributed by atoms with Gasteiger partial charge in [-0.3, -0.25) is 4.79 Å². The first kappa shape index (κ1) is 15.1. The smallest absolute Gasteiger partial charge is 0.227 e. The number of hydrogen-bond acceptors (Lipinski definition) is 1. The highest BCUT2D eigenvalue weighted by atomic mass is 16.2. The minimum atomic E-state index is 0.275. The average Bonchev–Trinajstić information content (AvgIpc) is 3.00. The van der Waals surface area contributed by atoms with Crippen LogP contribution in [0.5, 0.6) is 0 Å². The first-order valence-electron chi connectivity index (χ1n) is 8.44. The van der Waals surface area contributed by atoms with E-state index in [4.69, 9.17) is 0 Å². The molecule has 0 aromatic heterocycles. The zero-order chi connectivity index (χ0) is 15.5. The van der Waals surface area contributed by atoms with Crippen molar-refractivity contribution in [3.05, 3.63) is 48.0 Å². The lowest BCUT2D eigenvalue weighted by molar-refractivity contribution is -0.134. The Balaban J connectivity index is 1.78. The Kier molecular flexibility index (Phi) is 4.47. The summed E-state index contributed by atoms with van der Waals surface area (Å²) in [6.45, 7) is 4.27. The van der Waals surface area contributed by atoms with Crippen LogP contribution in [0.3, 0.4) is 0 Å². The van der Waals surface area contributed by atoms with Gasteiger partial charge in [0.15, 0.2) is 0 Å². The monoisotopic (exact) mass is 295 g/mol. The number of fused-ring (bicyclic) bond motifs is 1. The molecule has 2 aromatic rings. The van der Waals surface area contributed by atoms with Crippen LogP contribution in [0.15, 0.2) is 42.5 Å². The number of carbonyl (C=O) groups excluding carboxylic acids is 1. The van der Waals surface area contributed by atoms with E-state index >= 15 is 0 Å². The highest BCUT2D eigenvalue weighted by Crippen LogP contribution is 2.26. The van der Waals surface area contributed by atoms with Crippen LogP contribution in [-0.2, 0) is 11.2 Å². The van der Waals surface area contributed by atoms with Gasteiger partial charge >= 0.3 is 0 Å². The number of carbonyl (C=O) groups is 1. The van der Waals surface area contributed by atoms with E-state index in [2.05, 4.69) is 49.1 Å². The van der Waals surface area contributed by atoms with Crippen molar-refractivity contribution in [1.82, 2.24) is 4.90 Å². The molecule has 2 nitrogen and oxygen atoms in total. The topological polar surface area (TPSA) is 20.3 Å². The van der Waals surface area contributed by atoms with Crippen molar-refractivity contribution >= 4 is 16.7 Å². The van der Waals surface area contributed by atoms with Crippen LogP contribution in [0.2, 0.25) is 0 Å². The molecule has 2 heteroatoms. The Bertz CT molecular complexity index is 656. The first-order valence-corrected chi connectivity index (χ1v) is 8.44. The molecule has 0 saturated heterocycles. The molecule has 1 saturated carbocycles. The molecule has 0 atom stereocenters. The van der Waals surface area contributed by atoms with E-state index in [1.165, 1.54) is 36.5 Å². The third kappa shape index (κ3) is 3.16. The molecule has 0 bridgehead atoms. The largest absolute Gasteiger partial charge is 0.337 e. The standard InChI is InChI=1S/C20H25NO/c1-15(2)21(19-9-5-6-10-19)20(22)14-16-11-12-17-7-3-4-8-18(17)13-16/h3-4,7-8,11-13,15,19H,5-6,9-10,14H2,1-2H3. The molecule has 0 aliphatic heterocycles. The van der Waals surface area contributed by atoms with Gasteiger partial charge in [0.05, 0.1) is 6.42 Å². The van der Waals surface area contributed by atoms with Crippen molar-refractivity contribution < 1.29 is 4.79 Å². The molecule has 1 aliphatic rings. The summed E-state index contributed by atoms with van der Waals surface area (Å²) < 4.78 is 0. The van der Waals surface area contributed by atoms with Crippen molar-refractivity contribution in [2.24, 2.45) is 0 Å². The van der Waals surface area contributed by atoms with Gasteiger partial charge < -0.3 is 4.90 Å². The Morgan fingerprint density at radius 1 is 1.09 bits per heavy atom. The number of rotatable bonds is 4. The molecule has 0 heterocycles. The summed E-state index contributed by atoms with van der Waals surface area (Å²) in [7, 11) is 0. The third-order valence-electron chi connectivity index (χ3n) is 4.73. The number of amides is 1. The van der Waals surface area contributed by atoms with Crippen LogP contribution in [0.1, 0.15) is 45.1 Å². The van der Waals surface area contributed by atoms with Gasteiger partial charge in [-0.1, -0.05) is 55.3 Å². The lowest BCUT2D eigenvalue weighted by Crippen LogP contribution is -2.44. The number of benzene rings is 2. The van der Waals surface area contributed by atoms with E-state index in [0.29, 0.717) is 12.5 Å². The van der Waals surface area contributed by atoms with E-state index in [9.17, 15) is 4.79 Å². The lowest BCUT2D eigenvalue weighted by Gasteiger charge is -2.33. The maximum absolute atomic E-state index is 12.8. The van der Waals surface area contributed by atoms with E-state index < -0.39 is 0 Å². The van der Waals surface area contributed by atoms with E-state index in [0.717, 1.165) is 5.56 Å². The average molecular weight is 295 g/mol. The fourth-order valence-corrected chi connectivity index (χ4v) is 3.71. The minimum Gasteiger partial charge on any atom is -0.337 e. The van der Waals surface area contributed by atoms with Crippen LogP contribution in [-0.4, -0.2) is 22.9 Å². The van der Waals surface area contributed by atoms with Crippen LogP contribution < -0.4 is 0 Å². The fourth-order valence-electron chi connectivity index (χ4n) is 3.71. The van der Waals surface area contributed by atoms with E-state index in [1.807, 2.05) is 12.1 Å². The van der Waals surface area contributed by atoms with Gasteiger partial charge in [-0.25, -0.2) is 0 Å². The summed E-state index contributed by atoms with van der Waals surface area (Å²) in [5.74, 6) is 0.275. The Labute approximate surface area is 133 Å². The second-order valence-electron chi connectivity index (χ2n) is 6.69. The van der Waals surface area contributed by atoms with Gasteiger partial charge in [0.25, 0.3) is 0 Å². The van der Waals surface area contributed by atoms with Crippen molar-refractivity contribution in [3.63, 3.8) is 0 Å². The lowest BCUT2D eigenvalue weighted by atomic mass is 10.0. The molecular weight excluding hydrogens is 270 g/mol. The maximum atomic E-state index is 12.8. The normalized spacial score (nSPS) is 15.6. The SMILES string of the molecule is CC(C)N(C(=O)Cc1ccc2ccccc2c1)C1CCCC1. The van der Waals surface area contributed by atoms with Crippen molar-refractivity contribution in [1.29, 1.82) is 0 Å². The summed E-state index contributed by atoms with van der Waals surface area (Å²) in [6.07, 6.45) is 5.37. The van der Waals surface area contributed by atoms with Crippen molar-refractivity contribution in [3.8, 4) is 0 Å². The van der Waals surface area contributed by atoms with Gasteiger partial charge in [0.2, 0.25) is 5.91 Å². The molecule has 1 aliphatic carbocycles. The van der Waals surface area contributed by atoms with E-state index in [1.54, 1.807) is 0 Å². The molecule has 3 rings (SSSR count). The Morgan fingerprint density at radius 3 is 2.45 bits per heavy atom. The second kappa shape index (κ2) is 6.51. The zero-order valence-electron chi connectivity index (χ0n) is 13.6. The summed E-state index contributed by atoms with van der Waals surface area (Å²) in [4.78, 5) is 14.9. The minimum absolute atomic E-state index is 0.275. The molecule has 1 fully saturated rings. The molecular formula is C20H25NO. The predicted octanol–water partition coefficient (Wildman–Crippen LogP) is 4.56. The Morgan fingerprint density at radius 2 is 1.77 bits per heavy atom. The zero-order valence-corrected chi connectivity index (χ0v) is 13.6. The summed E-state index contributed by atoms with van der Waals surface area (Å²) in [5.41, 5.74) is 1.12. The highest BCUT2D eigenvalue weighted by molar-refractivity contribution is 5.85. The van der Waals surface area contributed by atoms with Gasteiger partial charge in [-0.15, -0.1) is 0 Å². The number of hydrogen-bond donors (Lipinski definition) is 0. The molecule has 0 N–H and O–H groups in total. The molecule has 2 aromatic carbocycles. The van der Waals surface area contributed by atoms with Crippen LogP contribution in [0.25, 0.3) is 10.8 Å². The first-order chi connectivity index (χ1) is 10.6. The predicted molar refractivity (Wildman–Crippen MR) is 91.9 cm³/mol. The Hall–Kier alpha value is -1.83. The van der Waals surface area contributed by atoms with Gasteiger partial charge in [0.1, 0.15) is 0 Å². The van der Waals surface area contributed by atoms with Gasteiger partial charge in [-0.05, 0) is 43.0 Å². The van der Waals surface area contributed by atoms with Gasteiger partial charge in [0, 0.05) is 12.1 Å². The van der Waals surface area contributed by atoms with Crippen LogP contribution in [0, 0.1) is 0 Å².